The van der Waals surface area contributed by atoms with Gasteiger partial charge in [0.25, 0.3) is 0 Å². The van der Waals surface area contributed by atoms with Crippen LogP contribution in [0.4, 0.5) is 5.95 Å². The lowest BCUT2D eigenvalue weighted by atomic mass is 10.1. The van der Waals surface area contributed by atoms with Crippen LogP contribution in [0, 0.1) is 0 Å². The smallest absolute Gasteiger partial charge is 0.226 e. The molecule has 0 spiro atoms. The maximum Gasteiger partial charge on any atom is 0.226 e. The van der Waals surface area contributed by atoms with Crippen LogP contribution in [0.5, 0.6) is 11.5 Å². The van der Waals surface area contributed by atoms with Crippen molar-refractivity contribution in [3.8, 4) is 22.9 Å². The van der Waals surface area contributed by atoms with Crippen molar-refractivity contribution in [2.75, 3.05) is 26.1 Å². The molecule has 3 heterocycles. The molecule has 0 aliphatic carbocycles. The van der Waals surface area contributed by atoms with E-state index in [1.54, 1.807) is 31.1 Å². The summed E-state index contributed by atoms with van der Waals surface area (Å²) in [5.41, 5.74) is 3.37. The van der Waals surface area contributed by atoms with E-state index in [2.05, 4.69) is 10.3 Å². The van der Waals surface area contributed by atoms with E-state index in [-0.39, 0.29) is 0 Å². The van der Waals surface area contributed by atoms with Gasteiger partial charge in [-0.05, 0) is 42.3 Å². The summed E-state index contributed by atoms with van der Waals surface area (Å²) >= 11 is 5.99. The van der Waals surface area contributed by atoms with Crippen molar-refractivity contribution in [3.63, 3.8) is 0 Å². The largest absolute Gasteiger partial charge is 0.493 e. The molecule has 33 heavy (non-hydrogen) atoms. The molecule has 0 aliphatic rings. The van der Waals surface area contributed by atoms with Gasteiger partial charge in [-0.3, -0.25) is 4.98 Å². The Morgan fingerprint density at radius 3 is 2.52 bits per heavy atom. The lowest BCUT2D eigenvalue weighted by Crippen LogP contribution is -2.11. The van der Waals surface area contributed by atoms with Gasteiger partial charge in [0.15, 0.2) is 23.0 Å². The van der Waals surface area contributed by atoms with E-state index in [9.17, 15) is 0 Å². The molecule has 0 amide bonds. The normalized spacial score (nSPS) is 11.1. The second-order valence-corrected chi connectivity index (χ2v) is 7.81. The molecular formula is C24H21ClN6O2. The molecule has 0 saturated carbocycles. The van der Waals surface area contributed by atoms with Crippen LogP contribution in [0.25, 0.3) is 27.9 Å². The summed E-state index contributed by atoms with van der Waals surface area (Å²) in [5.74, 6) is 2.35. The van der Waals surface area contributed by atoms with Crippen molar-refractivity contribution < 1.29 is 9.47 Å². The third-order valence-corrected chi connectivity index (χ3v) is 5.56. The monoisotopic (exact) mass is 460 g/mol. The molecule has 0 bridgehead atoms. The van der Waals surface area contributed by atoms with Crippen molar-refractivity contribution in [1.82, 2.24) is 24.6 Å². The summed E-state index contributed by atoms with van der Waals surface area (Å²) in [6, 6.07) is 15.3. The standard InChI is InChI=1S/C24H21ClN6O2/c1-32-20-12-18-19(13-21(20)33-2)28-24(27-11-9-15-5-7-17(25)8-6-15)31-23(18)29-22(30-31)16-4-3-10-26-14-16/h3-8,10,12-14H,9,11H2,1-2H3,(H,27,28). The topological polar surface area (TPSA) is 86.5 Å². The number of aromatic nitrogens is 5. The molecule has 3 aromatic heterocycles. The molecule has 0 atom stereocenters. The van der Waals surface area contributed by atoms with Crippen LogP contribution in [0.2, 0.25) is 5.02 Å². The number of nitrogens with one attached hydrogen (secondary N) is 1. The van der Waals surface area contributed by atoms with E-state index in [1.807, 2.05) is 48.5 Å². The molecule has 0 fully saturated rings. The molecule has 0 radical (unpaired) electrons. The van der Waals surface area contributed by atoms with Gasteiger partial charge in [0.2, 0.25) is 5.95 Å². The van der Waals surface area contributed by atoms with E-state index < -0.39 is 0 Å². The van der Waals surface area contributed by atoms with Gasteiger partial charge in [0.05, 0.1) is 19.7 Å². The van der Waals surface area contributed by atoms with E-state index in [0.29, 0.717) is 35.5 Å². The second kappa shape index (κ2) is 8.91. The van der Waals surface area contributed by atoms with Crippen LogP contribution >= 0.6 is 11.6 Å². The third-order valence-electron chi connectivity index (χ3n) is 5.31. The maximum atomic E-state index is 5.99. The second-order valence-electron chi connectivity index (χ2n) is 7.38. The predicted octanol–water partition coefficient (Wildman–Crippen LogP) is 4.66. The van der Waals surface area contributed by atoms with Gasteiger partial charge in [-0.1, -0.05) is 23.7 Å². The zero-order valence-electron chi connectivity index (χ0n) is 18.1. The molecule has 5 aromatic rings. The fourth-order valence-electron chi connectivity index (χ4n) is 3.64. The van der Waals surface area contributed by atoms with E-state index in [4.69, 9.17) is 36.1 Å². The number of fused-ring (bicyclic) bond motifs is 3. The number of hydrogen-bond donors (Lipinski definition) is 1. The first-order valence-electron chi connectivity index (χ1n) is 10.4. The highest BCUT2D eigenvalue weighted by Gasteiger charge is 2.17. The number of hydrogen-bond acceptors (Lipinski definition) is 7. The van der Waals surface area contributed by atoms with Crippen molar-refractivity contribution >= 4 is 34.1 Å². The Morgan fingerprint density at radius 2 is 1.79 bits per heavy atom. The molecule has 5 rings (SSSR count). The fourth-order valence-corrected chi connectivity index (χ4v) is 3.76. The minimum Gasteiger partial charge on any atom is -0.493 e. The molecule has 0 aliphatic heterocycles. The summed E-state index contributed by atoms with van der Waals surface area (Å²) in [7, 11) is 3.21. The predicted molar refractivity (Wildman–Crippen MR) is 128 cm³/mol. The van der Waals surface area contributed by atoms with Gasteiger partial charge >= 0.3 is 0 Å². The fraction of sp³-hybridized carbons (Fsp3) is 0.167. The highest BCUT2D eigenvalue weighted by Crippen LogP contribution is 2.34. The molecule has 2 aromatic carbocycles. The first-order valence-corrected chi connectivity index (χ1v) is 10.8. The molecule has 8 nitrogen and oxygen atoms in total. The summed E-state index contributed by atoms with van der Waals surface area (Å²) < 4.78 is 12.7. The van der Waals surface area contributed by atoms with Crippen LogP contribution in [0.3, 0.4) is 0 Å². The number of rotatable bonds is 7. The maximum absolute atomic E-state index is 5.99. The molecule has 0 saturated heterocycles. The van der Waals surface area contributed by atoms with Crippen molar-refractivity contribution in [2.45, 2.75) is 6.42 Å². The first kappa shape index (κ1) is 21.0. The summed E-state index contributed by atoms with van der Waals surface area (Å²) in [6.07, 6.45) is 4.26. The van der Waals surface area contributed by atoms with Gasteiger partial charge < -0.3 is 14.8 Å². The number of ether oxygens (including phenoxy) is 2. The Hall–Kier alpha value is -3.91. The van der Waals surface area contributed by atoms with Gasteiger partial charge in [0.1, 0.15) is 0 Å². The summed E-state index contributed by atoms with van der Waals surface area (Å²) in [4.78, 5) is 13.8. The van der Waals surface area contributed by atoms with Crippen LogP contribution in [0.15, 0.2) is 60.9 Å². The highest BCUT2D eigenvalue weighted by molar-refractivity contribution is 6.30. The first-order chi connectivity index (χ1) is 16.2. The lowest BCUT2D eigenvalue weighted by molar-refractivity contribution is 0.356. The van der Waals surface area contributed by atoms with Crippen LogP contribution < -0.4 is 14.8 Å². The third kappa shape index (κ3) is 4.12. The Morgan fingerprint density at radius 1 is 1.00 bits per heavy atom. The van der Waals surface area contributed by atoms with Crippen LogP contribution in [-0.2, 0) is 6.42 Å². The Balaban J connectivity index is 1.59. The zero-order chi connectivity index (χ0) is 22.8. The summed E-state index contributed by atoms with van der Waals surface area (Å²) in [6.45, 7) is 0.657. The number of anilines is 1. The molecule has 1 N–H and O–H groups in total. The average molecular weight is 461 g/mol. The number of pyridine rings is 1. The van der Waals surface area contributed by atoms with E-state index in [1.165, 1.54) is 5.56 Å². The number of halogens is 1. The Kier molecular flexibility index (Phi) is 5.66. The summed E-state index contributed by atoms with van der Waals surface area (Å²) in [5, 5.41) is 9.65. The minimum absolute atomic E-state index is 0.563. The molecule has 0 unspecified atom stereocenters. The molecule has 9 heteroatoms. The van der Waals surface area contributed by atoms with Crippen LogP contribution in [0.1, 0.15) is 5.56 Å². The Labute approximate surface area is 195 Å². The quantitative estimate of drug-likeness (QED) is 0.378. The van der Waals surface area contributed by atoms with Gasteiger partial charge in [-0.15, -0.1) is 5.10 Å². The van der Waals surface area contributed by atoms with Gasteiger partial charge in [-0.2, -0.15) is 4.52 Å². The van der Waals surface area contributed by atoms with Crippen molar-refractivity contribution in [1.29, 1.82) is 0 Å². The number of methoxy groups -OCH3 is 2. The molecule has 166 valence electrons. The average Bonchev–Trinajstić information content (AvgIpc) is 3.31. The van der Waals surface area contributed by atoms with E-state index in [0.717, 1.165) is 27.9 Å². The van der Waals surface area contributed by atoms with E-state index >= 15 is 0 Å². The number of benzene rings is 2. The lowest BCUT2D eigenvalue weighted by Gasteiger charge is -2.12. The van der Waals surface area contributed by atoms with Crippen molar-refractivity contribution in [2.24, 2.45) is 0 Å². The molecular weight excluding hydrogens is 440 g/mol. The Bertz CT molecular complexity index is 1420. The van der Waals surface area contributed by atoms with Gasteiger partial charge in [0, 0.05) is 41.0 Å². The number of nitrogens with zero attached hydrogens (tertiary/aromatic N) is 5. The van der Waals surface area contributed by atoms with Crippen LogP contribution in [-0.4, -0.2) is 45.3 Å². The van der Waals surface area contributed by atoms with Crippen molar-refractivity contribution in [3.05, 3.63) is 71.5 Å². The van der Waals surface area contributed by atoms with Gasteiger partial charge in [-0.25, -0.2) is 9.97 Å². The zero-order valence-corrected chi connectivity index (χ0v) is 18.9. The minimum atomic E-state index is 0.563. The SMILES string of the molecule is COc1cc2nc(NCCc3ccc(Cl)cc3)n3nc(-c4cccnc4)nc3c2cc1OC. The highest BCUT2D eigenvalue weighted by atomic mass is 35.5.